The van der Waals surface area contributed by atoms with Crippen molar-refractivity contribution >= 4 is 9.28 Å². The number of hydrogen-bond donors (Lipinski definition) is 0. The summed E-state index contributed by atoms with van der Waals surface area (Å²) in [4.78, 5) is 0. The van der Waals surface area contributed by atoms with E-state index in [9.17, 15) is 0 Å². The van der Waals surface area contributed by atoms with Gasteiger partial charge in [0.25, 0.3) is 0 Å². The average Bonchev–Trinajstić information content (AvgIpc) is 3.02. The normalized spacial score (nSPS) is 19.8. The van der Waals surface area contributed by atoms with Crippen LogP contribution in [0.3, 0.4) is 0 Å². The predicted octanol–water partition coefficient (Wildman–Crippen LogP) is 2.24. The zero-order chi connectivity index (χ0) is 10.9. The summed E-state index contributed by atoms with van der Waals surface area (Å²) < 4.78 is 16.4. The molecule has 1 atom stereocenters. The van der Waals surface area contributed by atoms with E-state index in [1.54, 1.807) is 0 Å². The number of unbranched alkanes of at least 4 members (excludes halogenated alkanes) is 2. The Balaban J connectivity index is 1.89. The third-order valence-corrected chi connectivity index (χ3v) is 4.86. The summed E-state index contributed by atoms with van der Waals surface area (Å²) in [5.41, 5.74) is 0. The minimum absolute atomic E-state index is 0.594. The van der Waals surface area contributed by atoms with Gasteiger partial charge in [-0.3, -0.25) is 0 Å². The van der Waals surface area contributed by atoms with Crippen LogP contribution in [0.1, 0.15) is 39.5 Å². The number of rotatable bonds is 10. The zero-order valence-electron chi connectivity index (χ0n) is 10.0. The van der Waals surface area contributed by atoms with E-state index in [1.807, 2.05) is 13.8 Å². The number of epoxide rings is 1. The van der Waals surface area contributed by atoms with E-state index in [4.69, 9.17) is 13.6 Å². The summed E-state index contributed by atoms with van der Waals surface area (Å²) in [5, 5.41) is 0. The van der Waals surface area contributed by atoms with E-state index in [1.165, 1.54) is 25.7 Å². The summed E-state index contributed by atoms with van der Waals surface area (Å²) >= 11 is 0. The maximum atomic E-state index is 5.61. The molecule has 0 radical (unpaired) electrons. The molecule has 0 amide bonds. The van der Waals surface area contributed by atoms with Crippen LogP contribution in [0.25, 0.3) is 0 Å². The second-order valence-electron chi connectivity index (χ2n) is 3.93. The second kappa shape index (κ2) is 8.27. The van der Waals surface area contributed by atoms with Crippen LogP contribution < -0.4 is 0 Å². The van der Waals surface area contributed by atoms with Crippen LogP contribution in [-0.2, 0) is 13.6 Å². The lowest BCUT2D eigenvalue weighted by Gasteiger charge is -2.14. The molecule has 15 heavy (non-hydrogen) atoms. The summed E-state index contributed by atoms with van der Waals surface area (Å²) in [6, 6.07) is 1.16. The summed E-state index contributed by atoms with van der Waals surface area (Å²) in [6.45, 7) is 6.68. The van der Waals surface area contributed by atoms with E-state index >= 15 is 0 Å². The molecule has 1 aliphatic heterocycles. The van der Waals surface area contributed by atoms with Gasteiger partial charge in [0.1, 0.15) is 0 Å². The summed E-state index contributed by atoms with van der Waals surface area (Å²) in [6.07, 6.45) is 5.68. The fraction of sp³-hybridized carbons (Fsp3) is 1.00. The third kappa shape index (κ3) is 7.06. The van der Waals surface area contributed by atoms with Gasteiger partial charge in [0.05, 0.1) is 12.7 Å². The van der Waals surface area contributed by atoms with Crippen LogP contribution in [0.5, 0.6) is 0 Å². The zero-order valence-corrected chi connectivity index (χ0v) is 11.2. The molecule has 0 N–H and O–H groups in total. The molecule has 0 aliphatic carbocycles. The molecule has 0 spiro atoms. The molecule has 0 aromatic heterocycles. The molecule has 3 nitrogen and oxygen atoms in total. The van der Waals surface area contributed by atoms with Crippen molar-refractivity contribution in [3.05, 3.63) is 0 Å². The van der Waals surface area contributed by atoms with Crippen molar-refractivity contribution in [1.82, 2.24) is 0 Å². The van der Waals surface area contributed by atoms with E-state index in [2.05, 4.69) is 0 Å². The van der Waals surface area contributed by atoms with Gasteiger partial charge in [0.15, 0.2) is 0 Å². The number of hydrogen-bond acceptors (Lipinski definition) is 3. The van der Waals surface area contributed by atoms with Crippen LogP contribution >= 0.6 is 0 Å². The Bertz CT molecular complexity index is 145. The standard InChI is InChI=1S/C11H24O3Si/c1-3-13-15(14-4-2)9-7-5-6-8-11-10-12-11/h11,15H,3-10H2,1-2H3. The Morgan fingerprint density at radius 1 is 1.13 bits per heavy atom. The van der Waals surface area contributed by atoms with Crippen molar-refractivity contribution in [1.29, 1.82) is 0 Å². The van der Waals surface area contributed by atoms with E-state index in [0.717, 1.165) is 25.9 Å². The average molecular weight is 232 g/mol. The molecule has 4 heteroatoms. The molecule has 1 fully saturated rings. The summed E-state index contributed by atoms with van der Waals surface area (Å²) in [7, 11) is -1.32. The molecule has 1 heterocycles. The molecule has 1 saturated heterocycles. The maximum Gasteiger partial charge on any atom is 0.321 e. The molecule has 0 saturated carbocycles. The van der Waals surface area contributed by atoms with Crippen LogP contribution in [0.15, 0.2) is 0 Å². The lowest BCUT2D eigenvalue weighted by atomic mass is 10.2. The smallest absolute Gasteiger partial charge is 0.321 e. The summed E-state index contributed by atoms with van der Waals surface area (Å²) in [5.74, 6) is 0. The third-order valence-electron chi connectivity index (χ3n) is 2.57. The lowest BCUT2D eigenvalue weighted by molar-refractivity contribution is 0.212. The van der Waals surface area contributed by atoms with Gasteiger partial charge in [-0.25, -0.2) is 0 Å². The monoisotopic (exact) mass is 232 g/mol. The molecular formula is C11H24O3Si. The highest BCUT2D eigenvalue weighted by atomic mass is 28.3. The van der Waals surface area contributed by atoms with Gasteiger partial charge in [-0.05, 0) is 26.3 Å². The molecular weight excluding hydrogens is 208 g/mol. The fourth-order valence-electron chi connectivity index (χ4n) is 1.68. The van der Waals surface area contributed by atoms with Crippen LogP contribution in [-0.4, -0.2) is 35.2 Å². The Kier molecular flexibility index (Phi) is 7.26. The quantitative estimate of drug-likeness (QED) is 0.329. The largest absolute Gasteiger partial charge is 0.397 e. The highest BCUT2D eigenvalue weighted by Gasteiger charge is 2.21. The minimum atomic E-state index is -1.32. The Morgan fingerprint density at radius 2 is 1.80 bits per heavy atom. The maximum absolute atomic E-state index is 5.61. The van der Waals surface area contributed by atoms with Crippen molar-refractivity contribution in [3.63, 3.8) is 0 Å². The first-order chi connectivity index (χ1) is 7.36. The van der Waals surface area contributed by atoms with E-state index < -0.39 is 9.28 Å². The van der Waals surface area contributed by atoms with Crippen molar-refractivity contribution < 1.29 is 13.6 Å². The van der Waals surface area contributed by atoms with Gasteiger partial charge < -0.3 is 13.6 Å². The van der Waals surface area contributed by atoms with Crippen molar-refractivity contribution in [3.8, 4) is 0 Å². The highest BCUT2D eigenvalue weighted by molar-refractivity contribution is 6.44. The van der Waals surface area contributed by atoms with Crippen molar-refractivity contribution in [2.45, 2.75) is 51.7 Å². The van der Waals surface area contributed by atoms with Gasteiger partial charge >= 0.3 is 9.28 Å². The lowest BCUT2D eigenvalue weighted by Crippen LogP contribution is -2.22. The van der Waals surface area contributed by atoms with Crippen LogP contribution in [0.4, 0.5) is 0 Å². The molecule has 0 aromatic carbocycles. The molecule has 90 valence electrons. The van der Waals surface area contributed by atoms with E-state index in [0.29, 0.717) is 6.10 Å². The second-order valence-corrected chi connectivity index (χ2v) is 6.04. The first-order valence-electron chi connectivity index (χ1n) is 6.21. The van der Waals surface area contributed by atoms with Gasteiger partial charge in [0.2, 0.25) is 0 Å². The van der Waals surface area contributed by atoms with Crippen LogP contribution in [0, 0.1) is 0 Å². The Labute approximate surface area is 94.9 Å². The molecule has 0 bridgehead atoms. The molecule has 1 rings (SSSR count). The highest BCUT2D eigenvalue weighted by Crippen LogP contribution is 2.18. The molecule has 1 aliphatic rings. The SMILES string of the molecule is CCO[SiH](CCCCCC1CO1)OCC. The van der Waals surface area contributed by atoms with Crippen molar-refractivity contribution in [2.75, 3.05) is 19.8 Å². The predicted molar refractivity (Wildman–Crippen MR) is 63.4 cm³/mol. The first-order valence-corrected chi connectivity index (χ1v) is 7.97. The Hall–Kier alpha value is 0.0969. The van der Waals surface area contributed by atoms with Crippen molar-refractivity contribution in [2.24, 2.45) is 0 Å². The Morgan fingerprint density at radius 3 is 2.33 bits per heavy atom. The minimum Gasteiger partial charge on any atom is -0.397 e. The van der Waals surface area contributed by atoms with Gasteiger partial charge in [0, 0.05) is 13.2 Å². The fourth-order valence-corrected chi connectivity index (χ4v) is 3.48. The topological polar surface area (TPSA) is 31.0 Å². The number of ether oxygens (including phenoxy) is 1. The van der Waals surface area contributed by atoms with Crippen LogP contribution in [0.2, 0.25) is 6.04 Å². The molecule has 1 unspecified atom stereocenters. The molecule has 0 aromatic rings. The van der Waals surface area contributed by atoms with E-state index in [-0.39, 0.29) is 0 Å². The van der Waals surface area contributed by atoms with Gasteiger partial charge in [-0.2, -0.15) is 0 Å². The first kappa shape index (κ1) is 13.2. The van der Waals surface area contributed by atoms with Gasteiger partial charge in [-0.15, -0.1) is 0 Å². The van der Waals surface area contributed by atoms with Gasteiger partial charge in [-0.1, -0.05) is 19.3 Å².